The molecule has 96 valence electrons. The molecule has 0 saturated carbocycles. The normalized spacial score (nSPS) is 12.6. The van der Waals surface area contributed by atoms with E-state index in [2.05, 4.69) is 44.4 Å². The Hall–Kier alpha value is -1.20. The van der Waals surface area contributed by atoms with Gasteiger partial charge in [0.1, 0.15) is 0 Å². The fourth-order valence-electron chi connectivity index (χ4n) is 2.00. The number of nitrogens with zero attached hydrogens (tertiary/aromatic N) is 3. The van der Waals surface area contributed by atoms with E-state index in [0.29, 0.717) is 12.5 Å². The number of hydrogen-bond donors (Lipinski definition) is 1. The van der Waals surface area contributed by atoms with Crippen molar-refractivity contribution in [3.05, 3.63) is 46.2 Å². The highest BCUT2D eigenvalue weighted by Crippen LogP contribution is 2.20. The minimum Gasteiger partial charge on any atom is -0.330 e. The highest BCUT2D eigenvalue weighted by molar-refractivity contribution is 9.10. The number of aryl methyl sites for hydroxylation is 1. The second kappa shape index (κ2) is 6.11. The van der Waals surface area contributed by atoms with E-state index >= 15 is 0 Å². The van der Waals surface area contributed by atoms with Crippen LogP contribution in [-0.2, 0) is 19.9 Å². The van der Waals surface area contributed by atoms with Crippen LogP contribution in [0.25, 0.3) is 0 Å². The van der Waals surface area contributed by atoms with Crippen molar-refractivity contribution < 1.29 is 0 Å². The third kappa shape index (κ3) is 3.40. The summed E-state index contributed by atoms with van der Waals surface area (Å²) >= 11 is 3.57. The van der Waals surface area contributed by atoms with Crippen LogP contribution in [0.15, 0.2) is 34.9 Å². The van der Waals surface area contributed by atoms with Crippen LogP contribution in [0.3, 0.4) is 0 Å². The Labute approximate surface area is 115 Å². The van der Waals surface area contributed by atoms with Crippen LogP contribution in [0, 0.1) is 5.92 Å². The summed E-state index contributed by atoms with van der Waals surface area (Å²) in [7, 11) is 1.88. The van der Waals surface area contributed by atoms with Crippen LogP contribution < -0.4 is 5.73 Å². The van der Waals surface area contributed by atoms with E-state index in [-0.39, 0.29) is 0 Å². The number of rotatable bonds is 5. The van der Waals surface area contributed by atoms with Crippen LogP contribution in [0.2, 0.25) is 0 Å². The molecule has 5 heteroatoms. The quantitative estimate of drug-likeness (QED) is 0.918. The second-order valence-electron chi connectivity index (χ2n) is 4.48. The number of hydrogen-bond acceptors (Lipinski definition) is 3. The highest BCUT2D eigenvalue weighted by atomic mass is 79.9. The average Bonchev–Trinajstić information content (AvgIpc) is 2.76. The van der Waals surface area contributed by atoms with Crippen LogP contribution >= 0.6 is 15.9 Å². The molecule has 0 aliphatic heterocycles. The van der Waals surface area contributed by atoms with E-state index in [4.69, 9.17) is 5.73 Å². The van der Waals surface area contributed by atoms with E-state index < -0.39 is 0 Å². The van der Waals surface area contributed by atoms with Crippen molar-refractivity contribution >= 4 is 15.9 Å². The highest BCUT2D eigenvalue weighted by Gasteiger charge is 2.12. The van der Waals surface area contributed by atoms with Crippen LogP contribution in [0.1, 0.15) is 11.3 Å². The molecule has 0 radical (unpaired) electrons. The molecule has 2 rings (SSSR count). The van der Waals surface area contributed by atoms with Gasteiger partial charge < -0.3 is 5.73 Å². The van der Waals surface area contributed by atoms with Gasteiger partial charge in [0.25, 0.3) is 0 Å². The van der Waals surface area contributed by atoms with Crippen molar-refractivity contribution in [2.24, 2.45) is 18.7 Å². The molecule has 0 amide bonds. The number of aromatic nitrogens is 3. The lowest BCUT2D eigenvalue weighted by molar-refractivity contribution is 0.525. The molecule has 0 fully saturated rings. The predicted molar refractivity (Wildman–Crippen MR) is 75.1 cm³/mol. The zero-order valence-corrected chi connectivity index (χ0v) is 12.0. The summed E-state index contributed by atoms with van der Waals surface area (Å²) in [6.07, 6.45) is 3.77. The number of halogens is 1. The van der Waals surface area contributed by atoms with Gasteiger partial charge in [0.05, 0.1) is 5.69 Å². The molecule has 0 saturated heterocycles. The van der Waals surface area contributed by atoms with E-state index in [0.717, 1.165) is 23.0 Å². The summed E-state index contributed by atoms with van der Waals surface area (Å²) in [5, 5.41) is 8.06. The smallest absolute Gasteiger partial charge is 0.0830 e. The third-order valence-electron chi connectivity index (χ3n) is 2.95. The second-order valence-corrected chi connectivity index (χ2v) is 5.34. The maximum Gasteiger partial charge on any atom is 0.0830 e. The summed E-state index contributed by atoms with van der Waals surface area (Å²) < 4.78 is 2.86. The molecule has 1 atom stereocenters. The maximum atomic E-state index is 5.86. The Bertz CT molecular complexity index is 509. The lowest BCUT2D eigenvalue weighted by Crippen LogP contribution is -2.19. The molecule has 0 aliphatic rings. The van der Waals surface area contributed by atoms with Crippen molar-refractivity contribution in [1.82, 2.24) is 15.0 Å². The first kappa shape index (κ1) is 13.2. The van der Waals surface area contributed by atoms with Crippen LogP contribution in [0.5, 0.6) is 0 Å². The Morgan fingerprint density at radius 3 is 2.72 bits per heavy atom. The van der Waals surface area contributed by atoms with Gasteiger partial charge in [0, 0.05) is 17.7 Å². The largest absolute Gasteiger partial charge is 0.330 e. The van der Waals surface area contributed by atoms with E-state index in [1.165, 1.54) is 5.56 Å². The van der Waals surface area contributed by atoms with Crippen molar-refractivity contribution in [2.45, 2.75) is 12.8 Å². The lowest BCUT2D eigenvalue weighted by Gasteiger charge is -2.14. The molecule has 1 heterocycles. The molecule has 0 bridgehead atoms. The van der Waals surface area contributed by atoms with Gasteiger partial charge in [-0.3, -0.25) is 4.68 Å². The first-order chi connectivity index (χ1) is 8.69. The minimum atomic E-state index is 0.389. The van der Waals surface area contributed by atoms with Gasteiger partial charge in [-0.2, -0.15) is 0 Å². The van der Waals surface area contributed by atoms with Crippen molar-refractivity contribution in [1.29, 1.82) is 0 Å². The fraction of sp³-hybridized carbons (Fsp3) is 0.385. The Balaban J connectivity index is 2.04. The van der Waals surface area contributed by atoms with E-state index in [1.807, 2.05) is 19.3 Å². The number of nitrogens with two attached hydrogens (primary N) is 1. The van der Waals surface area contributed by atoms with Crippen LogP contribution in [0.4, 0.5) is 0 Å². The van der Waals surface area contributed by atoms with Crippen molar-refractivity contribution in [3.63, 3.8) is 0 Å². The summed E-state index contributed by atoms with van der Waals surface area (Å²) in [6, 6.07) is 8.26. The molecule has 0 aliphatic carbocycles. The van der Waals surface area contributed by atoms with Crippen molar-refractivity contribution in [2.75, 3.05) is 6.54 Å². The van der Waals surface area contributed by atoms with Gasteiger partial charge in [-0.15, -0.1) is 5.10 Å². The molecule has 2 N–H and O–H groups in total. The fourth-order valence-corrected chi connectivity index (χ4v) is 2.45. The van der Waals surface area contributed by atoms with Gasteiger partial charge in [0.15, 0.2) is 0 Å². The van der Waals surface area contributed by atoms with Gasteiger partial charge in [-0.25, -0.2) is 0 Å². The average molecular weight is 309 g/mol. The topological polar surface area (TPSA) is 56.7 Å². The van der Waals surface area contributed by atoms with Gasteiger partial charge >= 0.3 is 0 Å². The minimum absolute atomic E-state index is 0.389. The molecule has 1 unspecified atom stereocenters. The third-order valence-corrected chi connectivity index (χ3v) is 3.72. The monoisotopic (exact) mass is 308 g/mol. The standard InChI is InChI=1S/C13H17BrN4/c1-18-9-12(16-17-18)7-10(8-15)6-11-4-2-3-5-13(11)14/h2-5,9-10H,6-8,15H2,1H3. The molecule has 1 aromatic carbocycles. The first-order valence-electron chi connectivity index (χ1n) is 5.97. The molecular formula is C13H17BrN4. The Kier molecular flexibility index (Phi) is 4.49. The lowest BCUT2D eigenvalue weighted by atomic mass is 9.95. The van der Waals surface area contributed by atoms with Gasteiger partial charge in [0.2, 0.25) is 0 Å². The van der Waals surface area contributed by atoms with E-state index in [9.17, 15) is 0 Å². The van der Waals surface area contributed by atoms with Crippen molar-refractivity contribution in [3.8, 4) is 0 Å². The van der Waals surface area contributed by atoms with Gasteiger partial charge in [-0.1, -0.05) is 39.3 Å². The number of benzene rings is 1. The Morgan fingerprint density at radius 1 is 1.33 bits per heavy atom. The summed E-state index contributed by atoms with van der Waals surface area (Å²) in [4.78, 5) is 0. The molecule has 1 aromatic heterocycles. The SMILES string of the molecule is Cn1cc(CC(CN)Cc2ccccc2Br)nn1. The Morgan fingerprint density at radius 2 is 2.11 bits per heavy atom. The van der Waals surface area contributed by atoms with Crippen LogP contribution in [-0.4, -0.2) is 21.5 Å². The maximum absolute atomic E-state index is 5.86. The molecule has 4 nitrogen and oxygen atoms in total. The van der Waals surface area contributed by atoms with Gasteiger partial charge in [-0.05, 0) is 36.9 Å². The zero-order chi connectivity index (χ0) is 13.0. The zero-order valence-electron chi connectivity index (χ0n) is 10.4. The first-order valence-corrected chi connectivity index (χ1v) is 6.77. The predicted octanol–water partition coefficient (Wildman–Crippen LogP) is 1.94. The summed E-state index contributed by atoms with van der Waals surface area (Å²) in [5.41, 5.74) is 8.14. The summed E-state index contributed by atoms with van der Waals surface area (Å²) in [5.74, 6) is 0.389. The molecule has 18 heavy (non-hydrogen) atoms. The molecule has 2 aromatic rings. The molecular weight excluding hydrogens is 292 g/mol. The summed E-state index contributed by atoms with van der Waals surface area (Å²) in [6.45, 7) is 0.651. The van der Waals surface area contributed by atoms with E-state index in [1.54, 1.807) is 4.68 Å². The molecule has 0 spiro atoms.